The number of aryl methyl sites for hydroxylation is 6. The highest BCUT2D eigenvalue weighted by atomic mass is 32.1. The maximum atomic E-state index is 2.48. The van der Waals surface area contributed by atoms with Crippen molar-refractivity contribution in [3.8, 4) is 0 Å². The largest absolute Gasteiger partial charge is 0.149 e. The van der Waals surface area contributed by atoms with Crippen molar-refractivity contribution < 1.29 is 0 Å². The van der Waals surface area contributed by atoms with Gasteiger partial charge in [0.2, 0.25) is 0 Å². The van der Waals surface area contributed by atoms with Crippen LogP contribution in [-0.2, 0) is 38.5 Å². The summed E-state index contributed by atoms with van der Waals surface area (Å²) in [4.78, 5) is 4.54. The number of benzene rings is 1. The summed E-state index contributed by atoms with van der Waals surface area (Å²) in [5.74, 6) is 0. The fourth-order valence-corrected chi connectivity index (χ4v) is 6.29. The van der Waals surface area contributed by atoms with Crippen molar-refractivity contribution in [3.63, 3.8) is 0 Å². The number of thiophene rings is 3. The highest BCUT2D eigenvalue weighted by Crippen LogP contribution is 2.20. The molecule has 0 nitrogen and oxygen atoms in total. The molecule has 4 rings (SSSR count). The molecule has 0 saturated heterocycles. The van der Waals surface area contributed by atoms with E-state index >= 15 is 0 Å². The van der Waals surface area contributed by atoms with Crippen LogP contribution >= 0.6 is 34.0 Å². The maximum Gasteiger partial charge on any atom is 0.00453 e. The van der Waals surface area contributed by atoms with Gasteiger partial charge in [-0.2, -0.15) is 0 Å². The van der Waals surface area contributed by atoms with Crippen molar-refractivity contribution in [3.05, 3.63) is 102 Å². The fourth-order valence-electron chi connectivity index (χ4n) is 4.04. The van der Waals surface area contributed by atoms with Gasteiger partial charge in [-0.15, -0.1) is 34.0 Å². The third-order valence-electron chi connectivity index (χ3n) is 5.52. The first-order valence-electron chi connectivity index (χ1n) is 11.0. The Bertz CT molecular complexity index is 822. The van der Waals surface area contributed by atoms with Crippen LogP contribution < -0.4 is 0 Å². The summed E-state index contributed by atoms with van der Waals surface area (Å²) in [6.07, 6.45) is 10.9. The van der Waals surface area contributed by atoms with E-state index in [-0.39, 0.29) is 0 Å². The molecule has 3 heterocycles. The van der Waals surface area contributed by atoms with Gasteiger partial charge in [-0.05, 0) is 109 Å². The van der Waals surface area contributed by atoms with Crippen LogP contribution in [0.2, 0.25) is 0 Å². The standard InChI is InChI=1S/C27H30S3/c1(10-25-13-4-16-28-25)7-22-19-23(8-2-11-26-14-5-17-29-26)21-24(20-22)9-3-12-27-15-6-18-30-27/h4-6,13-21H,1-3,7-12H2. The Hall–Kier alpha value is -1.68. The number of hydrogen-bond acceptors (Lipinski definition) is 3. The Balaban J connectivity index is 1.36. The van der Waals surface area contributed by atoms with E-state index in [2.05, 4.69) is 70.7 Å². The van der Waals surface area contributed by atoms with Gasteiger partial charge in [0.15, 0.2) is 0 Å². The highest BCUT2D eigenvalue weighted by Gasteiger charge is 2.05. The van der Waals surface area contributed by atoms with E-state index < -0.39 is 0 Å². The van der Waals surface area contributed by atoms with Gasteiger partial charge in [0, 0.05) is 14.6 Å². The normalized spacial score (nSPS) is 11.2. The molecule has 3 heteroatoms. The molecule has 0 aliphatic rings. The molecule has 0 bridgehead atoms. The van der Waals surface area contributed by atoms with Gasteiger partial charge < -0.3 is 0 Å². The van der Waals surface area contributed by atoms with Gasteiger partial charge in [0.05, 0.1) is 0 Å². The molecule has 0 atom stereocenters. The lowest BCUT2D eigenvalue weighted by molar-refractivity contribution is 0.796. The van der Waals surface area contributed by atoms with Crippen molar-refractivity contribution in [2.24, 2.45) is 0 Å². The van der Waals surface area contributed by atoms with Gasteiger partial charge >= 0.3 is 0 Å². The minimum Gasteiger partial charge on any atom is -0.149 e. The Morgan fingerprint density at radius 1 is 0.433 bits per heavy atom. The van der Waals surface area contributed by atoms with E-state index in [1.807, 2.05) is 34.0 Å². The Labute approximate surface area is 193 Å². The lowest BCUT2D eigenvalue weighted by Gasteiger charge is -2.10. The van der Waals surface area contributed by atoms with Crippen molar-refractivity contribution >= 4 is 34.0 Å². The fraction of sp³-hybridized carbons (Fsp3) is 0.333. The molecular formula is C27H30S3. The highest BCUT2D eigenvalue weighted by molar-refractivity contribution is 7.10. The minimum atomic E-state index is 1.19. The molecule has 0 spiro atoms. The average molecular weight is 451 g/mol. The van der Waals surface area contributed by atoms with E-state index in [1.165, 1.54) is 89.1 Å². The summed E-state index contributed by atoms with van der Waals surface area (Å²) in [7, 11) is 0. The first-order chi connectivity index (χ1) is 14.8. The Morgan fingerprint density at radius 2 is 0.767 bits per heavy atom. The predicted molar refractivity (Wildman–Crippen MR) is 135 cm³/mol. The maximum absolute atomic E-state index is 2.48. The van der Waals surface area contributed by atoms with Crippen molar-refractivity contribution in [2.75, 3.05) is 0 Å². The minimum absolute atomic E-state index is 1.19. The zero-order valence-corrected chi connectivity index (χ0v) is 20.0. The first kappa shape index (κ1) is 21.5. The molecule has 4 aromatic rings. The lowest BCUT2D eigenvalue weighted by atomic mass is 9.96. The molecule has 0 aliphatic carbocycles. The predicted octanol–water partition coefficient (Wildman–Crippen LogP) is 8.40. The summed E-state index contributed by atoms with van der Waals surface area (Å²) in [5, 5.41) is 6.57. The van der Waals surface area contributed by atoms with Crippen molar-refractivity contribution in [2.45, 2.75) is 57.8 Å². The van der Waals surface area contributed by atoms with Gasteiger partial charge in [-0.1, -0.05) is 36.4 Å². The topological polar surface area (TPSA) is 0 Å². The summed E-state index contributed by atoms with van der Waals surface area (Å²) in [6, 6.07) is 20.7. The molecule has 156 valence electrons. The molecule has 0 fully saturated rings. The lowest BCUT2D eigenvalue weighted by Crippen LogP contribution is -1.97. The molecule has 1 aromatic carbocycles. The van der Waals surface area contributed by atoms with Crippen molar-refractivity contribution in [1.82, 2.24) is 0 Å². The van der Waals surface area contributed by atoms with Crippen LogP contribution in [0.5, 0.6) is 0 Å². The molecule has 0 saturated carbocycles. The molecule has 0 aliphatic heterocycles. The second-order valence-electron chi connectivity index (χ2n) is 7.96. The SMILES string of the molecule is c1csc(CCCc2cc(CCCc3cccs3)cc(CCCc3cccs3)c2)c1. The zero-order valence-electron chi connectivity index (χ0n) is 17.5. The second-order valence-corrected chi connectivity index (χ2v) is 11.1. The molecule has 0 N–H and O–H groups in total. The molecule has 0 amide bonds. The van der Waals surface area contributed by atoms with E-state index in [0.29, 0.717) is 0 Å². The van der Waals surface area contributed by atoms with Crippen LogP contribution in [0.25, 0.3) is 0 Å². The molecule has 0 radical (unpaired) electrons. The van der Waals surface area contributed by atoms with Gasteiger partial charge in [0.1, 0.15) is 0 Å². The zero-order chi connectivity index (χ0) is 20.4. The van der Waals surface area contributed by atoms with E-state index in [4.69, 9.17) is 0 Å². The average Bonchev–Trinajstić information content (AvgIpc) is 3.52. The first-order valence-corrected chi connectivity index (χ1v) is 13.7. The molecular weight excluding hydrogens is 420 g/mol. The third-order valence-corrected chi connectivity index (χ3v) is 8.33. The van der Waals surface area contributed by atoms with Crippen LogP contribution in [0.3, 0.4) is 0 Å². The van der Waals surface area contributed by atoms with Gasteiger partial charge in [0.25, 0.3) is 0 Å². The Kier molecular flexibility index (Phi) is 8.36. The quantitative estimate of drug-likeness (QED) is 0.203. The van der Waals surface area contributed by atoms with E-state index in [0.717, 1.165) is 0 Å². The van der Waals surface area contributed by atoms with Crippen molar-refractivity contribution in [1.29, 1.82) is 0 Å². The van der Waals surface area contributed by atoms with Gasteiger partial charge in [-0.3, -0.25) is 0 Å². The van der Waals surface area contributed by atoms with Crippen LogP contribution in [0, 0.1) is 0 Å². The number of hydrogen-bond donors (Lipinski definition) is 0. The summed E-state index contributed by atoms with van der Waals surface area (Å²) < 4.78 is 0. The van der Waals surface area contributed by atoms with Crippen LogP contribution in [0.1, 0.15) is 50.6 Å². The third kappa shape index (κ3) is 6.94. The monoisotopic (exact) mass is 450 g/mol. The Morgan fingerprint density at radius 3 is 1.03 bits per heavy atom. The summed E-state index contributed by atoms with van der Waals surface area (Å²) >= 11 is 5.66. The summed E-state index contributed by atoms with van der Waals surface area (Å²) in [6.45, 7) is 0. The molecule has 0 unspecified atom stereocenters. The molecule has 30 heavy (non-hydrogen) atoms. The van der Waals surface area contributed by atoms with Crippen LogP contribution in [0.15, 0.2) is 70.7 Å². The van der Waals surface area contributed by atoms with E-state index in [9.17, 15) is 0 Å². The second kappa shape index (κ2) is 11.6. The summed E-state index contributed by atoms with van der Waals surface area (Å²) in [5.41, 5.74) is 4.60. The number of rotatable bonds is 12. The molecule has 3 aromatic heterocycles. The smallest absolute Gasteiger partial charge is 0.00453 e. The van der Waals surface area contributed by atoms with Crippen LogP contribution in [-0.4, -0.2) is 0 Å². The van der Waals surface area contributed by atoms with Crippen LogP contribution in [0.4, 0.5) is 0 Å². The van der Waals surface area contributed by atoms with E-state index in [1.54, 1.807) is 0 Å². The van der Waals surface area contributed by atoms with Gasteiger partial charge in [-0.25, -0.2) is 0 Å².